The lowest BCUT2D eigenvalue weighted by Gasteiger charge is -2.07. The van der Waals surface area contributed by atoms with E-state index in [0.29, 0.717) is 22.9 Å². The molecule has 0 fully saturated rings. The SMILES string of the molecule is C=C(C)c1nn(C)c(N)c1N=Nc1c(C)n(C)n(-c2ccccc2)c1=O. The van der Waals surface area contributed by atoms with Crippen LogP contribution >= 0.6 is 0 Å². The normalized spacial score (nSPS) is 11.4. The number of benzene rings is 1. The van der Waals surface area contributed by atoms with Crippen molar-refractivity contribution in [2.75, 3.05) is 5.73 Å². The average Bonchev–Trinajstić information content (AvgIpc) is 3.02. The summed E-state index contributed by atoms with van der Waals surface area (Å²) in [4.78, 5) is 12.9. The Hall–Kier alpha value is -3.42. The number of hydrogen-bond acceptors (Lipinski definition) is 5. The number of hydrogen-bond donors (Lipinski definition) is 1. The highest BCUT2D eigenvalue weighted by Gasteiger charge is 2.18. The molecule has 3 aromatic rings. The number of nitrogens with zero attached hydrogens (tertiary/aromatic N) is 6. The topological polar surface area (TPSA) is 95.5 Å². The zero-order valence-corrected chi connectivity index (χ0v) is 15.3. The number of aryl methyl sites for hydroxylation is 1. The smallest absolute Gasteiger partial charge is 0.299 e. The predicted octanol–water partition coefficient (Wildman–Crippen LogP) is 3.25. The number of rotatable bonds is 4. The van der Waals surface area contributed by atoms with Crippen LogP contribution in [0.5, 0.6) is 0 Å². The fraction of sp³-hybridized carbons (Fsp3) is 0.222. The number of azo groups is 1. The first-order valence-corrected chi connectivity index (χ1v) is 8.07. The highest BCUT2D eigenvalue weighted by molar-refractivity contribution is 5.76. The van der Waals surface area contributed by atoms with Gasteiger partial charge in [-0.15, -0.1) is 10.2 Å². The molecule has 8 heteroatoms. The lowest BCUT2D eigenvalue weighted by molar-refractivity contribution is 0.630. The lowest BCUT2D eigenvalue weighted by Crippen LogP contribution is -2.19. The number of anilines is 1. The Morgan fingerprint density at radius 3 is 2.38 bits per heavy atom. The van der Waals surface area contributed by atoms with Crippen molar-refractivity contribution in [3.05, 3.63) is 58.7 Å². The first kappa shape index (κ1) is 17.4. The molecule has 0 aliphatic heterocycles. The van der Waals surface area contributed by atoms with Crippen LogP contribution in [0.3, 0.4) is 0 Å². The van der Waals surface area contributed by atoms with Crippen molar-refractivity contribution in [1.29, 1.82) is 0 Å². The molecule has 0 bridgehead atoms. The molecule has 2 N–H and O–H groups in total. The molecule has 0 saturated heterocycles. The highest BCUT2D eigenvalue weighted by Crippen LogP contribution is 2.32. The third-order valence-electron chi connectivity index (χ3n) is 4.24. The van der Waals surface area contributed by atoms with E-state index < -0.39 is 0 Å². The number of allylic oxidation sites excluding steroid dienone is 1. The third-order valence-corrected chi connectivity index (χ3v) is 4.24. The van der Waals surface area contributed by atoms with Gasteiger partial charge in [-0.3, -0.25) is 14.2 Å². The van der Waals surface area contributed by atoms with Crippen molar-refractivity contribution in [3.8, 4) is 5.69 Å². The molecule has 0 aliphatic rings. The quantitative estimate of drug-likeness (QED) is 0.731. The van der Waals surface area contributed by atoms with Crippen molar-refractivity contribution < 1.29 is 0 Å². The van der Waals surface area contributed by atoms with Gasteiger partial charge >= 0.3 is 0 Å². The van der Waals surface area contributed by atoms with E-state index in [2.05, 4.69) is 21.9 Å². The Balaban J connectivity index is 2.12. The van der Waals surface area contributed by atoms with Gasteiger partial charge in [0.2, 0.25) is 0 Å². The highest BCUT2D eigenvalue weighted by atomic mass is 16.1. The van der Waals surface area contributed by atoms with Gasteiger partial charge in [0.25, 0.3) is 5.56 Å². The Morgan fingerprint density at radius 1 is 1.15 bits per heavy atom. The molecule has 0 amide bonds. The van der Waals surface area contributed by atoms with E-state index in [-0.39, 0.29) is 11.2 Å². The summed E-state index contributed by atoms with van der Waals surface area (Å²) in [6.45, 7) is 7.52. The first-order valence-electron chi connectivity index (χ1n) is 8.07. The molecule has 0 unspecified atom stereocenters. The van der Waals surface area contributed by atoms with Gasteiger partial charge in [-0.25, -0.2) is 4.68 Å². The standard InChI is InChI=1S/C18H21N7O/c1-11(2)14-16(17(19)23(4)22-14)21-20-15-12(3)24(5)25(18(15)26)13-9-7-6-8-10-13/h6-10H,1,19H2,2-5H3. The predicted molar refractivity (Wildman–Crippen MR) is 102 cm³/mol. The molecule has 1 aromatic carbocycles. The number of para-hydroxylation sites is 1. The Bertz CT molecular complexity index is 1070. The van der Waals surface area contributed by atoms with Crippen LogP contribution in [-0.2, 0) is 14.1 Å². The van der Waals surface area contributed by atoms with E-state index in [4.69, 9.17) is 5.73 Å². The van der Waals surface area contributed by atoms with E-state index in [1.54, 1.807) is 23.5 Å². The summed E-state index contributed by atoms with van der Waals surface area (Å²) < 4.78 is 4.81. The van der Waals surface area contributed by atoms with Gasteiger partial charge in [-0.05, 0) is 31.6 Å². The van der Waals surface area contributed by atoms with Crippen LogP contribution in [0, 0.1) is 6.92 Å². The van der Waals surface area contributed by atoms with E-state index in [9.17, 15) is 4.79 Å². The lowest BCUT2D eigenvalue weighted by atomic mass is 10.2. The van der Waals surface area contributed by atoms with Gasteiger partial charge in [0.05, 0.1) is 11.4 Å². The number of nitrogens with two attached hydrogens (primary N) is 1. The van der Waals surface area contributed by atoms with Crippen LogP contribution in [0.15, 0.2) is 51.9 Å². The fourth-order valence-electron chi connectivity index (χ4n) is 2.68. The summed E-state index contributed by atoms with van der Waals surface area (Å²) in [6.07, 6.45) is 0. The van der Waals surface area contributed by atoms with Gasteiger partial charge in [0, 0.05) is 14.1 Å². The van der Waals surface area contributed by atoms with Crippen LogP contribution in [0.1, 0.15) is 18.3 Å². The minimum Gasteiger partial charge on any atom is -0.382 e. The maximum absolute atomic E-state index is 12.9. The van der Waals surface area contributed by atoms with Gasteiger partial charge in [0.15, 0.2) is 11.4 Å². The number of nitrogen functional groups attached to an aromatic ring is 1. The molecule has 0 saturated carbocycles. The zero-order chi connectivity index (χ0) is 19.0. The second-order valence-electron chi connectivity index (χ2n) is 6.10. The summed E-state index contributed by atoms with van der Waals surface area (Å²) in [6, 6.07) is 9.37. The van der Waals surface area contributed by atoms with Crippen molar-refractivity contribution in [2.24, 2.45) is 24.3 Å². The molecule has 134 valence electrons. The fourth-order valence-corrected chi connectivity index (χ4v) is 2.68. The van der Waals surface area contributed by atoms with Crippen molar-refractivity contribution in [1.82, 2.24) is 19.1 Å². The molecule has 0 radical (unpaired) electrons. The van der Waals surface area contributed by atoms with E-state index in [1.807, 2.05) is 44.2 Å². The summed E-state index contributed by atoms with van der Waals surface area (Å²) in [5.74, 6) is 0.365. The second-order valence-corrected chi connectivity index (χ2v) is 6.10. The molecular weight excluding hydrogens is 330 g/mol. The molecule has 26 heavy (non-hydrogen) atoms. The van der Waals surface area contributed by atoms with Gasteiger partial charge in [0.1, 0.15) is 11.5 Å². The molecular formula is C18H21N7O. The summed E-state index contributed by atoms with van der Waals surface area (Å²) >= 11 is 0. The summed E-state index contributed by atoms with van der Waals surface area (Å²) in [5.41, 5.74) is 9.18. The van der Waals surface area contributed by atoms with Crippen molar-refractivity contribution in [3.63, 3.8) is 0 Å². The average molecular weight is 351 g/mol. The van der Waals surface area contributed by atoms with Crippen LogP contribution < -0.4 is 11.3 Å². The number of aromatic nitrogens is 4. The molecule has 0 aliphatic carbocycles. The molecule has 8 nitrogen and oxygen atoms in total. The van der Waals surface area contributed by atoms with Crippen molar-refractivity contribution >= 4 is 22.8 Å². The molecule has 0 spiro atoms. The van der Waals surface area contributed by atoms with Crippen molar-refractivity contribution in [2.45, 2.75) is 13.8 Å². The van der Waals surface area contributed by atoms with E-state index >= 15 is 0 Å². The van der Waals surface area contributed by atoms with Crippen LogP contribution in [0.25, 0.3) is 11.3 Å². The minimum absolute atomic E-state index is 0.251. The zero-order valence-electron chi connectivity index (χ0n) is 15.3. The van der Waals surface area contributed by atoms with Gasteiger partial charge in [-0.1, -0.05) is 24.8 Å². The maximum Gasteiger partial charge on any atom is 0.299 e. The molecule has 0 atom stereocenters. The summed E-state index contributed by atoms with van der Waals surface area (Å²) in [5, 5.41) is 12.7. The van der Waals surface area contributed by atoms with Crippen LogP contribution in [-0.4, -0.2) is 19.1 Å². The van der Waals surface area contributed by atoms with Gasteiger partial charge < -0.3 is 5.73 Å². The van der Waals surface area contributed by atoms with E-state index in [0.717, 1.165) is 11.3 Å². The minimum atomic E-state index is -0.251. The second kappa shape index (κ2) is 6.47. The molecule has 2 aromatic heterocycles. The van der Waals surface area contributed by atoms with Crippen LogP contribution in [0.2, 0.25) is 0 Å². The Labute approximate surface area is 150 Å². The monoisotopic (exact) mass is 351 g/mol. The Morgan fingerprint density at radius 2 is 1.77 bits per heavy atom. The van der Waals surface area contributed by atoms with E-state index in [1.165, 1.54) is 4.68 Å². The first-order chi connectivity index (χ1) is 12.3. The largest absolute Gasteiger partial charge is 0.382 e. The third kappa shape index (κ3) is 2.75. The molecule has 3 rings (SSSR count). The van der Waals surface area contributed by atoms with Gasteiger partial charge in [-0.2, -0.15) is 5.10 Å². The van der Waals surface area contributed by atoms with Crippen LogP contribution in [0.4, 0.5) is 17.2 Å². The Kier molecular flexibility index (Phi) is 4.33. The molecule has 2 heterocycles. The summed E-state index contributed by atoms with van der Waals surface area (Å²) in [7, 11) is 3.53. The maximum atomic E-state index is 12.9.